The molecule has 0 radical (unpaired) electrons. The van der Waals surface area contributed by atoms with Gasteiger partial charge in [-0.05, 0) is 30.2 Å². The number of pyridine rings is 1. The first-order valence-corrected chi connectivity index (χ1v) is 12.0. The van der Waals surface area contributed by atoms with Crippen molar-refractivity contribution in [2.24, 2.45) is 0 Å². The molecule has 4 aromatic rings. The molecule has 0 saturated carbocycles. The number of fused-ring (bicyclic) bond motifs is 1. The lowest BCUT2D eigenvalue weighted by molar-refractivity contribution is -0.138. The van der Waals surface area contributed by atoms with Crippen LogP contribution in [0.5, 0.6) is 0 Å². The molecule has 1 aliphatic rings. The van der Waals surface area contributed by atoms with Crippen LogP contribution in [0.1, 0.15) is 23.2 Å². The number of hydrogen-bond donors (Lipinski definition) is 2. The zero-order chi connectivity index (χ0) is 23.7. The molecule has 1 aliphatic heterocycles. The van der Waals surface area contributed by atoms with Crippen LogP contribution in [0.15, 0.2) is 60.4 Å². The van der Waals surface area contributed by atoms with E-state index in [9.17, 15) is 14.7 Å². The second-order valence-electron chi connectivity index (χ2n) is 8.51. The monoisotopic (exact) mass is 475 g/mol. The number of hydrogen-bond acceptors (Lipinski definition) is 6. The highest BCUT2D eigenvalue weighted by molar-refractivity contribution is 7.13. The van der Waals surface area contributed by atoms with Gasteiger partial charge in [0.05, 0.1) is 40.3 Å². The number of benzene rings is 1. The summed E-state index contributed by atoms with van der Waals surface area (Å²) < 4.78 is 1.72. The minimum atomic E-state index is -0.717. The highest BCUT2D eigenvalue weighted by Crippen LogP contribution is 2.27. The van der Waals surface area contributed by atoms with E-state index >= 15 is 0 Å². The second-order valence-corrected chi connectivity index (χ2v) is 9.36. The van der Waals surface area contributed by atoms with Gasteiger partial charge in [0.2, 0.25) is 11.8 Å². The van der Waals surface area contributed by atoms with E-state index in [1.54, 1.807) is 22.0 Å². The molecule has 2 amide bonds. The van der Waals surface area contributed by atoms with E-state index in [0.29, 0.717) is 6.54 Å². The number of likely N-dealkylation sites (tertiary alicyclic amines) is 1. The Labute approximate surface area is 200 Å². The third-order valence-electron chi connectivity index (χ3n) is 6.18. The molecule has 0 spiro atoms. The van der Waals surface area contributed by atoms with E-state index in [1.165, 1.54) is 4.90 Å². The van der Waals surface area contributed by atoms with Crippen LogP contribution in [-0.4, -0.2) is 55.1 Å². The van der Waals surface area contributed by atoms with Crippen LogP contribution < -0.4 is 5.32 Å². The van der Waals surface area contributed by atoms with Crippen LogP contribution in [0.4, 0.5) is 0 Å². The Hall–Kier alpha value is -3.56. The van der Waals surface area contributed by atoms with Crippen LogP contribution in [0.2, 0.25) is 0 Å². The van der Waals surface area contributed by atoms with Gasteiger partial charge in [-0.2, -0.15) is 5.10 Å². The van der Waals surface area contributed by atoms with Gasteiger partial charge < -0.3 is 15.3 Å². The summed E-state index contributed by atoms with van der Waals surface area (Å²) >= 11 is 1.60. The van der Waals surface area contributed by atoms with E-state index < -0.39 is 12.1 Å². The molecule has 2 N–H and O–H groups in total. The Balaban J connectivity index is 1.23. The summed E-state index contributed by atoms with van der Waals surface area (Å²) in [6.45, 7) is 2.49. The number of carbonyl (C=O) groups is 2. The Morgan fingerprint density at radius 3 is 2.79 bits per heavy atom. The van der Waals surface area contributed by atoms with Crippen LogP contribution in [0.25, 0.3) is 16.0 Å². The number of nitrogens with zero attached hydrogens (tertiary/aromatic N) is 4. The summed E-state index contributed by atoms with van der Waals surface area (Å²) in [4.78, 5) is 32.9. The zero-order valence-electron chi connectivity index (χ0n) is 18.7. The number of rotatable bonds is 6. The average Bonchev–Trinajstić information content (AvgIpc) is 3.56. The molecule has 4 heterocycles. The molecule has 0 bridgehead atoms. The number of β-amino-alcohol motifs (C(OH)–C–C–N with tert-alkyl or cyclic N) is 1. The predicted molar refractivity (Wildman–Crippen MR) is 129 cm³/mol. The van der Waals surface area contributed by atoms with Gasteiger partial charge in [0.1, 0.15) is 6.04 Å². The van der Waals surface area contributed by atoms with Gasteiger partial charge >= 0.3 is 0 Å². The number of aliphatic hydroxyl groups is 1. The van der Waals surface area contributed by atoms with Crippen molar-refractivity contribution in [3.05, 3.63) is 77.2 Å². The number of aromatic nitrogens is 3. The van der Waals surface area contributed by atoms with Gasteiger partial charge in [0.25, 0.3) is 0 Å². The van der Waals surface area contributed by atoms with Crippen molar-refractivity contribution in [1.82, 2.24) is 24.8 Å². The average molecular weight is 476 g/mol. The summed E-state index contributed by atoms with van der Waals surface area (Å²) in [6, 6.07) is 13.0. The van der Waals surface area contributed by atoms with Crippen molar-refractivity contribution in [3.8, 4) is 10.4 Å². The number of nitrogens with one attached hydrogen (secondary N) is 1. The standard InChI is InChI=1S/C25H25N5O3S/c1-16-24(34-15-27-16)18-7-5-17(6-8-18)12-26-25(33)22-11-20(31)14-29(22)23(32)10-19-13-28-30-9-3-2-4-21(19)30/h2-9,13,15,20,22,31H,10-12,14H2,1H3,(H,26,33)/t20-,22+/m1/s1. The first-order valence-electron chi connectivity index (χ1n) is 11.2. The SMILES string of the molecule is Cc1ncsc1-c1ccc(CNC(=O)[C@@H]2C[C@@H](O)CN2C(=O)Cc2cnn3ccccc23)cc1. The number of carbonyl (C=O) groups excluding carboxylic acids is 2. The maximum Gasteiger partial charge on any atom is 0.243 e. The summed E-state index contributed by atoms with van der Waals surface area (Å²) in [7, 11) is 0. The van der Waals surface area contributed by atoms with Gasteiger partial charge in [-0.3, -0.25) is 9.59 Å². The fourth-order valence-corrected chi connectivity index (χ4v) is 5.20. The molecule has 3 aromatic heterocycles. The molecule has 0 aliphatic carbocycles. The van der Waals surface area contributed by atoms with Crippen molar-refractivity contribution in [3.63, 3.8) is 0 Å². The van der Waals surface area contributed by atoms with Gasteiger partial charge in [0, 0.05) is 31.3 Å². The van der Waals surface area contributed by atoms with Gasteiger partial charge in [-0.15, -0.1) is 11.3 Å². The van der Waals surface area contributed by atoms with E-state index in [2.05, 4.69) is 15.4 Å². The molecule has 174 valence electrons. The minimum Gasteiger partial charge on any atom is -0.391 e. The van der Waals surface area contributed by atoms with Crippen LogP contribution >= 0.6 is 11.3 Å². The Kier molecular flexibility index (Phi) is 6.12. The van der Waals surface area contributed by atoms with Crippen molar-refractivity contribution < 1.29 is 14.7 Å². The Morgan fingerprint density at radius 2 is 2.03 bits per heavy atom. The Morgan fingerprint density at radius 1 is 1.21 bits per heavy atom. The summed E-state index contributed by atoms with van der Waals surface area (Å²) in [5.41, 5.74) is 6.54. The minimum absolute atomic E-state index is 0.127. The zero-order valence-corrected chi connectivity index (χ0v) is 19.5. The van der Waals surface area contributed by atoms with Crippen LogP contribution in [0.3, 0.4) is 0 Å². The normalized spacial score (nSPS) is 17.9. The molecule has 1 saturated heterocycles. The largest absolute Gasteiger partial charge is 0.391 e. The van der Waals surface area contributed by atoms with Crippen molar-refractivity contribution in [2.75, 3.05) is 6.54 Å². The van der Waals surface area contributed by atoms with E-state index in [-0.39, 0.29) is 31.2 Å². The first-order chi connectivity index (χ1) is 16.5. The number of thiazole rings is 1. The van der Waals surface area contributed by atoms with Gasteiger partial charge in [0.15, 0.2) is 0 Å². The fraction of sp³-hybridized carbons (Fsp3) is 0.280. The molecule has 5 rings (SSSR count). The summed E-state index contributed by atoms with van der Waals surface area (Å²) in [5, 5.41) is 17.4. The van der Waals surface area contributed by atoms with E-state index in [4.69, 9.17) is 0 Å². The summed E-state index contributed by atoms with van der Waals surface area (Å²) in [5.74, 6) is -0.452. The molecule has 9 heteroatoms. The summed E-state index contributed by atoms with van der Waals surface area (Å²) in [6.07, 6.45) is 3.14. The third-order valence-corrected chi connectivity index (χ3v) is 7.16. The topological polar surface area (TPSA) is 99.8 Å². The van der Waals surface area contributed by atoms with Crippen LogP contribution in [-0.2, 0) is 22.6 Å². The first kappa shape index (κ1) is 22.2. The molecule has 8 nitrogen and oxygen atoms in total. The molecular formula is C25H25N5O3S. The number of aryl methyl sites for hydroxylation is 1. The second kappa shape index (κ2) is 9.36. The molecule has 1 aromatic carbocycles. The number of aliphatic hydroxyl groups excluding tert-OH is 1. The van der Waals surface area contributed by atoms with Gasteiger partial charge in [-0.1, -0.05) is 30.3 Å². The van der Waals surface area contributed by atoms with Crippen molar-refractivity contribution >= 4 is 28.7 Å². The lowest BCUT2D eigenvalue weighted by atomic mass is 10.1. The quantitative estimate of drug-likeness (QED) is 0.447. The van der Waals surface area contributed by atoms with Crippen molar-refractivity contribution in [1.29, 1.82) is 0 Å². The maximum absolute atomic E-state index is 13.1. The molecule has 2 atom stereocenters. The third kappa shape index (κ3) is 4.44. The molecular weight excluding hydrogens is 450 g/mol. The number of amides is 2. The highest BCUT2D eigenvalue weighted by Gasteiger charge is 2.38. The smallest absolute Gasteiger partial charge is 0.243 e. The highest BCUT2D eigenvalue weighted by atomic mass is 32.1. The molecule has 34 heavy (non-hydrogen) atoms. The lowest BCUT2D eigenvalue weighted by Crippen LogP contribution is -2.46. The van der Waals surface area contributed by atoms with E-state index in [0.717, 1.165) is 32.8 Å². The predicted octanol–water partition coefficient (Wildman–Crippen LogP) is 2.59. The van der Waals surface area contributed by atoms with E-state index in [1.807, 2.05) is 61.1 Å². The maximum atomic E-state index is 13.1. The Bertz CT molecular complexity index is 1330. The molecule has 0 unspecified atom stereocenters. The lowest BCUT2D eigenvalue weighted by Gasteiger charge is -2.23. The fourth-order valence-electron chi connectivity index (χ4n) is 4.39. The van der Waals surface area contributed by atoms with Crippen molar-refractivity contribution in [2.45, 2.75) is 38.5 Å². The van der Waals surface area contributed by atoms with Crippen LogP contribution in [0, 0.1) is 6.92 Å². The molecule has 1 fully saturated rings. The van der Waals surface area contributed by atoms with Gasteiger partial charge in [-0.25, -0.2) is 9.50 Å².